The van der Waals surface area contributed by atoms with Crippen molar-refractivity contribution in [3.05, 3.63) is 0 Å². The highest BCUT2D eigenvalue weighted by molar-refractivity contribution is 7.47. The number of aliphatic hydroxyl groups excluding tert-OH is 1. The second kappa shape index (κ2) is 61.0. The Balaban J connectivity index is 5.25. The number of ether oxygens (including phenoxy) is 4. The molecule has 4 unspecified atom stereocenters. The second-order valence-electron chi connectivity index (χ2n) is 26.2. The van der Waals surface area contributed by atoms with Crippen LogP contribution in [0.25, 0.3) is 0 Å². The van der Waals surface area contributed by atoms with Gasteiger partial charge in [-0.3, -0.25) is 37.3 Å². The lowest BCUT2D eigenvalue weighted by Gasteiger charge is -2.21. The first kappa shape index (κ1) is 87.1. The Morgan fingerprint density at radius 2 is 0.573 bits per heavy atom. The number of aliphatic hydroxyl groups is 1. The van der Waals surface area contributed by atoms with Crippen LogP contribution in [0.15, 0.2) is 0 Å². The molecule has 17 nitrogen and oxygen atoms in total. The van der Waals surface area contributed by atoms with Crippen LogP contribution in [-0.2, 0) is 65.4 Å². The van der Waals surface area contributed by atoms with E-state index in [0.29, 0.717) is 31.6 Å². The van der Waals surface area contributed by atoms with Crippen LogP contribution in [0.5, 0.6) is 0 Å². The third kappa shape index (κ3) is 62.0. The molecule has 0 saturated heterocycles. The van der Waals surface area contributed by atoms with E-state index in [1.165, 1.54) is 154 Å². The Bertz CT molecular complexity index is 1750. The molecule has 0 aliphatic carbocycles. The predicted octanol–water partition coefficient (Wildman–Crippen LogP) is 19.8. The molecule has 3 N–H and O–H groups in total. The topological polar surface area (TPSA) is 237 Å². The minimum atomic E-state index is -4.95. The van der Waals surface area contributed by atoms with Gasteiger partial charge in [-0.1, -0.05) is 299 Å². The van der Waals surface area contributed by atoms with Crippen LogP contribution in [0.3, 0.4) is 0 Å². The van der Waals surface area contributed by atoms with Crippen LogP contribution >= 0.6 is 15.6 Å². The standard InChI is InChI=1S/C70H136O17P2/c1-8-11-12-13-14-15-16-17-18-19-20-21-22-30-39-46-53-69(74)86-65(57-80-67(72)51-44-37-29-25-23-27-35-42-49-62(6)9-2)59-84-88(76,77)82-55-64(71)56-83-89(78,79)85-60-66(58-81-68(73)52-45-38-33-32-34-41-48-61(4)5)87-70(75)54-47-40-31-26-24-28-36-43-50-63(7)10-3/h61-66,71H,8-60H2,1-7H3,(H,76,77)(H,78,79)/t62?,63?,64-,65-,66-/m1/s1. The molecule has 0 aliphatic rings. The van der Waals surface area contributed by atoms with Crippen molar-refractivity contribution < 1.29 is 80.2 Å². The van der Waals surface area contributed by atoms with Gasteiger partial charge in [0.25, 0.3) is 0 Å². The largest absolute Gasteiger partial charge is 0.472 e. The molecule has 0 heterocycles. The molecule has 0 aromatic rings. The molecule has 0 bridgehead atoms. The smallest absolute Gasteiger partial charge is 0.462 e. The normalized spacial score (nSPS) is 14.8. The average Bonchev–Trinajstić information content (AvgIpc) is 3.71. The summed E-state index contributed by atoms with van der Waals surface area (Å²) in [5.41, 5.74) is 0. The monoisotopic (exact) mass is 1310 g/mol. The number of phosphoric acid groups is 2. The molecule has 19 heteroatoms. The van der Waals surface area contributed by atoms with E-state index in [-0.39, 0.29) is 25.7 Å². The van der Waals surface area contributed by atoms with Crippen molar-refractivity contribution in [2.24, 2.45) is 17.8 Å². The first-order valence-corrected chi connectivity index (χ1v) is 39.4. The SMILES string of the molecule is CCCCCCCCCCCCCCCCCCC(=O)O[C@H](COC(=O)CCCCCCCCCCC(C)CC)COP(=O)(O)OC[C@@H](O)COP(=O)(O)OC[C@@H](COC(=O)CCCCCCCCC(C)C)OC(=O)CCCCCCCCCCC(C)CC. The highest BCUT2D eigenvalue weighted by atomic mass is 31.2. The molecular weight excluding hydrogens is 1170 g/mol. The fourth-order valence-corrected chi connectivity index (χ4v) is 12.1. The van der Waals surface area contributed by atoms with E-state index in [0.717, 1.165) is 108 Å². The first-order valence-electron chi connectivity index (χ1n) is 36.4. The number of rotatable bonds is 68. The van der Waals surface area contributed by atoms with Gasteiger partial charge in [-0.15, -0.1) is 0 Å². The van der Waals surface area contributed by atoms with Gasteiger partial charge in [-0.2, -0.15) is 0 Å². The number of carbonyl (C=O) groups is 4. The summed E-state index contributed by atoms with van der Waals surface area (Å²) in [6.45, 7) is 11.8. The van der Waals surface area contributed by atoms with Crippen molar-refractivity contribution >= 4 is 39.5 Å². The Labute approximate surface area is 543 Å². The van der Waals surface area contributed by atoms with Crippen LogP contribution in [0.4, 0.5) is 0 Å². The van der Waals surface area contributed by atoms with Crippen molar-refractivity contribution in [1.29, 1.82) is 0 Å². The summed E-state index contributed by atoms with van der Waals surface area (Å²) in [6.07, 6.45) is 44.5. The molecule has 7 atom stereocenters. The van der Waals surface area contributed by atoms with Crippen molar-refractivity contribution in [3.63, 3.8) is 0 Å². The summed E-state index contributed by atoms with van der Waals surface area (Å²) >= 11 is 0. The molecule has 0 aromatic heterocycles. The Kier molecular flexibility index (Phi) is 59.6. The fourth-order valence-electron chi connectivity index (χ4n) is 10.5. The molecule has 0 aliphatic heterocycles. The lowest BCUT2D eigenvalue weighted by atomic mass is 9.99. The van der Waals surface area contributed by atoms with E-state index in [2.05, 4.69) is 48.5 Å². The van der Waals surface area contributed by atoms with Crippen LogP contribution in [0, 0.1) is 17.8 Å². The Hall–Kier alpha value is -1.94. The van der Waals surface area contributed by atoms with Crippen molar-refractivity contribution in [3.8, 4) is 0 Å². The molecule has 528 valence electrons. The van der Waals surface area contributed by atoms with E-state index in [1.807, 2.05) is 0 Å². The quantitative estimate of drug-likeness (QED) is 0.0222. The minimum Gasteiger partial charge on any atom is -0.462 e. The lowest BCUT2D eigenvalue weighted by molar-refractivity contribution is -0.161. The van der Waals surface area contributed by atoms with E-state index in [4.69, 9.17) is 37.0 Å². The zero-order chi connectivity index (χ0) is 65.9. The maximum Gasteiger partial charge on any atom is 0.472 e. The summed E-state index contributed by atoms with van der Waals surface area (Å²) < 4.78 is 68.3. The van der Waals surface area contributed by atoms with Gasteiger partial charge < -0.3 is 33.8 Å². The van der Waals surface area contributed by atoms with E-state index in [1.54, 1.807) is 0 Å². The summed E-state index contributed by atoms with van der Waals surface area (Å²) in [5.74, 6) is 0.0972. The van der Waals surface area contributed by atoms with Gasteiger partial charge in [0.1, 0.15) is 19.3 Å². The van der Waals surface area contributed by atoms with Crippen molar-refractivity contribution in [2.45, 2.75) is 369 Å². The highest BCUT2D eigenvalue weighted by Gasteiger charge is 2.30. The molecule has 0 fully saturated rings. The molecule has 0 radical (unpaired) electrons. The highest BCUT2D eigenvalue weighted by Crippen LogP contribution is 2.45. The van der Waals surface area contributed by atoms with Gasteiger partial charge in [0.05, 0.1) is 26.4 Å². The number of hydrogen-bond donors (Lipinski definition) is 3. The molecular formula is C70H136O17P2. The zero-order valence-electron chi connectivity index (χ0n) is 57.9. The molecule has 0 rings (SSSR count). The fraction of sp³-hybridized carbons (Fsp3) is 0.943. The van der Waals surface area contributed by atoms with E-state index < -0.39 is 97.5 Å². The van der Waals surface area contributed by atoms with Gasteiger partial charge in [0.15, 0.2) is 12.2 Å². The zero-order valence-corrected chi connectivity index (χ0v) is 59.7. The minimum absolute atomic E-state index is 0.104. The third-order valence-corrected chi connectivity index (χ3v) is 18.8. The van der Waals surface area contributed by atoms with Crippen LogP contribution in [0.2, 0.25) is 0 Å². The molecule has 0 amide bonds. The summed E-state index contributed by atoms with van der Waals surface area (Å²) in [7, 11) is -9.90. The number of unbranched alkanes of at least 4 members (excludes halogenated alkanes) is 34. The van der Waals surface area contributed by atoms with Gasteiger partial charge >= 0.3 is 39.5 Å². The van der Waals surface area contributed by atoms with Gasteiger partial charge in [0, 0.05) is 25.7 Å². The second-order valence-corrected chi connectivity index (χ2v) is 29.1. The third-order valence-electron chi connectivity index (χ3n) is 16.9. The molecule has 89 heavy (non-hydrogen) atoms. The summed E-state index contributed by atoms with van der Waals surface area (Å²) in [6, 6.07) is 0. The van der Waals surface area contributed by atoms with Crippen LogP contribution < -0.4 is 0 Å². The van der Waals surface area contributed by atoms with Crippen molar-refractivity contribution in [1.82, 2.24) is 0 Å². The van der Waals surface area contributed by atoms with Gasteiger partial charge in [-0.05, 0) is 43.4 Å². The number of hydrogen-bond acceptors (Lipinski definition) is 15. The number of phosphoric ester groups is 2. The van der Waals surface area contributed by atoms with Crippen LogP contribution in [0.1, 0.15) is 350 Å². The number of carbonyl (C=O) groups excluding carboxylic acids is 4. The predicted molar refractivity (Wildman–Crippen MR) is 358 cm³/mol. The van der Waals surface area contributed by atoms with Gasteiger partial charge in [-0.25, -0.2) is 9.13 Å². The number of esters is 4. The van der Waals surface area contributed by atoms with Gasteiger partial charge in [0.2, 0.25) is 0 Å². The summed E-state index contributed by atoms with van der Waals surface area (Å²) in [5, 5.41) is 10.6. The first-order chi connectivity index (χ1) is 42.8. The molecule has 0 saturated carbocycles. The van der Waals surface area contributed by atoms with E-state index in [9.17, 15) is 43.2 Å². The molecule has 0 spiro atoms. The summed E-state index contributed by atoms with van der Waals surface area (Å²) in [4.78, 5) is 72.5. The Morgan fingerprint density at radius 1 is 0.326 bits per heavy atom. The van der Waals surface area contributed by atoms with Crippen LogP contribution in [-0.4, -0.2) is 96.7 Å². The van der Waals surface area contributed by atoms with Crippen molar-refractivity contribution in [2.75, 3.05) is 39.6 Å². The maximum absolute atomic E-state index is 13.0. The molecule has 0 aromatic carbocycles. The Morgan fingerprint density at radius 3 is 0.854 bits per heavy atom. The maximum atomic E-state index is 13.0. The average molecular weight is 1310 g/mol. The lowest BCUT2D eigenvalue weighted by Crippen LogP contribution is -2.30. The van der Waals surface area contributed by atoms with E-state index >= 15 is 0 Å².